The van der Waals surface area contributed by atoms with Crippen LogP contribution in [0.3, 0.4) is 0 Å². The average Bonchev–Trinajstić information content (AvgIpc) is 2.66. The van der Waals surface area contributed by atoms with Gasteiger partial charge in [-0.05, 0) is 56.2 Å². The predicted octanol–water partition coefficient (Wildman–Crippen LogP) is 3.15. The summed E-state index contributed by atoms with van der Waals surface area (Å²) in [5.41, 5.74) is 2.96. The molecule has 0 aliphatic carbocycles. The molecule has 132 valence electrons. The van der Waals surface area contributed by atoms with Gasteiger partial charge in [-0.2, -0.15) is 0 Å². The molecule has 25 heavy (non-hydrogen) atoms. The van der Waals surface area contributed by atoms with Crippen LogP contribution in [0, 0.1) is 12.8 Å². The van der Waals surface area contributed by atoms with Gasteiger partial charge in [-0.3, -0.25) is 9.78 Å². The second kappa shape index (κ2) is 8.34. The summed E-state index contributed by atoms with van der Waals surface area (Å²) in [6, 6.07) is 7.85. The quantitative estimate of drug-likeness (QED) is 0.834. The zero-order valence-electron chi connectivity index (χ0n) is 14.7. The van der Waals surface area contributed by atoms with Crippen molar-refractivity contribution in [3.63, 3.8) is 0 Å². The van der Waals surface area contributed by atoms with Crippen LogP contribution in [0.4, 0.5) is 5.69 Å². The van der Waals surface area contributed by atoms with Gasteiger partial charge in [0.05, 0.1) is 5.56 Å². The highest BCUT2D eigenvalue weighted by Gasteiger charge is 2.21. The van der Waals surface area contributed by atoms with Crippen molar-refractivity contribution in [2.75, 3.05) is 30.8 Å². The molecule has 1 aliphatic rings. The second-order valence-electron chi connectivity index (χ2n) is 6.36. The number of anilines is 1. The third-order valence-electron chi connectivity index (χ3n) is 4.62. The van der Waals surface area contributed by atoms with Crippen LogP contribution in [0.5, 0.6) is 0 Å². The Bertz CT molecular complexity index is 729. The number of carbonyl (C=O) groups is 1. The first-order valence-electron chi connectivity index (χ1n) is 8.62. The minimum atomic E-state index is -0.0235. The van der Waals surface area contributed by atoms with Gasteiger partial charge in [0, 0.05) is 43.4 Å². The number of hydrogen-bond acceptors (Lipinski definition) is 5. The van der Waals surface area contributed by atoms with Crippen LogP contribution in [0.15, 0.2) is 41.7 Å². The highest BCUT2D eigenvalue weighted by molar-refractivity contribution is 7.98. The number of aromatic nitrogens is 2. The minimum absolute atomic E-state index is 0.0235. The van der Waals surface area contributed by atoms with Gasteiger partial charge in [0.1, 0.15) is 5.03 Å². The lowest BCUT2D eigenvalue weighted by atomic mass is 9.96. The molecule has 0 bridgehead atoms. The lowest BCUT2D eigenvalue weighted by molar-refractivity contribution is 0.0941. The SMILES string of the molecule is CSc1ncccc1C(=O)NCC1CCN(c2ccnc(C)c2)CC1. The second-order valence-corrected chi connectivity index (χ2v) is 7.15. The summed E-state index contributed by atoms with van der Waals surface area (Å²) in [6.07, 6.45) is 7.71. The van der Waals surface area contributed by atoms with Crippen molar-refractivity contribution in [3.8, 4) is 0 Å². The number of thioether (sulfide) groups is 1. The average molecular weight is 356 g/mol. The fraction of sp³-hybridized carbons (Fsp3) is 0.421. The summed E-state index contributed by atoms with van der Waals surface area (Å²) in [7, 11) is 0. The number of amides is 1. The van der Waals surface area contributed by atoms with E-state index in [1.165, 1.54) is 17.4 Å². The van der Waals surface area contributed by atoms with Crippen LogP contribution in [0.2, 0.25) is 0 Å². The maximum atomic E-state index is 12.4. The smallest absolute Gasteiger partial charge is 0.254 e. The number of nitrogens with zero attached hydrogens (tertiary/aromatic N) is 3. The Hall–Kier alpha value is -2.08. The Morgan fingerprint density at radius 2 is 2.08 bits per heavy atom. The van der Waals surface area contributed by atoms with E-state index in [0.717, 1.165) is 43.2 Å². The van der Waals surface area contributed by atoms with Gasteiger partial charge in [0.15, 0.2) is 0 Å². The van der Waals surface area contributed by atoms with Gasteiger partial charge < -0.3 is 10.2 Å². The molecule has 0 saturated carbocycles. The molecule has 3 rings (SSSR count). The van der Waals surface area contributed by atoms with Gasteiger partial charge >= 0.3 is 0 Å². The highest BCUT2D eigenvalue weighted by atomic mass is 32.2. The zero-order valence-corrected chi connectivity index (χ0v) is 15.6. The molecular weight excluding hydrogens is 332 g/mol. The molecule has 0 spiro atoms. The predicted molar refractivity (Wildman–Crippen MR) is 102 cm³/mol. The molecule has 1 saturated heterocycles. The monoisotopic (exact) mass is 356 g/mol. The van der Waals surface area contributed by atoms with E-state index in [2.05, 4.69) is 32.3 Å². The van der Waals surface area contributed by atoms with E-state index in [1.54, 1.807) is 6.20 Å². The van der Waals surface area contributed by atoms with Gasteiger partial charge in [0.2, 0.25) is 0 Å². The Kier molecular flexibility index (Phi) is 5.91. The molecule has 0 unspecified atom stereocenters. The summed E-state index contributed by atoms with van der Waals surface area (Å²) >= 11 is 1.50. The van der Waals surface area contributed by atoms with Crippen LogP contribution in [-0.4, -0.2) is 41.8 Å². The molecule has 0 radical (unpaired) electrons. The molecular formula is C19H24N4OS. The first-order valence-corrected chi connectivity index (χ1v) is 9.84. The van der Waals surface area contributed by atoms with E-state index >= 15 is 0 Å². The maximum absolute atomic E-state index is 12.4. The van der Waals surface area contributed by atoms with Crippen LogP contribution in [-0.2, 0) is 0 Å². The number of rotatable bonds is 5. The number of nitrogens with one attached hydrogen (secondary N) is 1. The fourth-order valence-electron chi connectivity index (χ4n) is 3.18. The summed E-state index contributed by atoms with van der Waals surface area (Å²) in [4.78, 5) is 23.3. The molecule has 1 fully saturated rings. The van der Waals surface area contributed by atoms with Crippen LogP contribution in [0.25, 0.3) is 0 Å². The Labute approximate surface area is 153 Å². The Balaban J connectivity index is 1.50. The molecule has 2 aromatic heterocycles. The maximum Gasteiger partial charge on any atom is 0.254 e. The molecule has 1 amide bonds. The normalized spacial score (nSPS) is 15.2. The topological polar surface area (TPSA) is 58.1 Å². The van der Waals surface area contributed by atoms with Gasteiger partial charge in [-0.15, -0.1) is 11.8 Å². The third kappa shape index (κ3) is 4.51. The molecule has 1 N–H and O–H groups in total. The van der Waals surface area contributed by atoms with Gasteiger partial charge in [-0.25, -0.2) is 4.98 Å². The molecule has 6 heteroatoms. The van der Waals surface area contributed by atoms with Crippen molar-refractivity contribution in [1.29, 1.82) is 0 Å². The van der Waals surface area contributed by atoms with Gasteiger partial charge in [0.25, 0.3) is 5.91 Å². The first kappa shape index (κ1) is 17.7. The summed E-state index contributed by atoms with van der Waals surface area (Å²) < 4.78 is 0. The molecule has 5 nitrogen and oxygen atoms in total. The molecule has 0 aromatic carbocycles. The lowest BCUT2D eigenvalue weighted by Crippen LogP contribution is -2.38. The molecule has 2 aromatic rings. The van der Waals surface area contributed by atoms with Crippen molar-refractivity contribution in [2.45, 2.75) is 24.8 Å². The van der Waals surface area contributed by atoms with Crippen molar-refractivity contribution in [2.24, 2.45) is 5.92 Å². The van der Waals surface area contributed by atoms with Crippen LogP contribution < -0.4 is 10.2 Å². The van der Waals surface area contributed by atoms with Crippen LogP contribution in [0.1, 0.15) is 28.9 Å². The standard InChI is InChI=1S/C19H24N4OS/c1-14-12-16(5-9-20-14)23-10-6-15(7-11-23)13-22-18(24)17-4-3-8-21-19(17)25-2/h3-5,8-9,12,15H,6-7,10-11,13H2,1-2H3,(H,22,24). The van der Waals surface area contributed by atoms with E-state index in [-0.39, 0.29) is 5.91 Å². The number of hydrogen-bond donors (Lipinski definition) is 1. The minimum Gasteiger partial charge on any atom is -0.371 e. The third-order valence-corrected chi connectivity index (χ3v) is 5.33. The lowest BCUT2D eigenvalue weighted by Gasteiger charge is -2.33. The first-order chi connectivity index (χ1) is 12.2. The van der Waals surface area contributed by atoms with E-state index < -0.39 is 0 Å². The van der Waals surface area contributed by atoms with E-state index in [9.17, 15) is 4.79 Å². The van der Waals surface area contributed by atoms with Crippen LogP contribution >= 0.6 is 11.8 Å². The number of aryl methyl sites for hydroxylation is 1. The van der Waals surface area contributed by atoms with Gasteiger partial charge in [-0.1, -0.05) is 0 Å². The van der Waals surface area contributed by atoms with E-state index in [1.807, 2.05) is 31.5 Å². The summed E-state index contributed by atoms with van der Waals surface area (Å²) in [6.45, 7) is 4.79. The number of pyridine rings is 2. The summed E-state index contributed by atoms with van der Waals surface area (Å²) in [5.74, 6) is 0.502. The Morgan fingerprint density at radius 1 is 1.28 bits per heavy atom. The zero-order chi connectivity index (χ0) is 17.6. The van der Waals surface area contributed by atoms with Crippen molar-refractivity contribution >= 4 is 23.4 Å². The Morgan fingerprint density at radius 3 is 2.80 bits per heavy atom. The van der Waals surface area contributed by atoms with Crippen molar-refractivity contribution < 1.29 is 4.79 Å². The molecule has 1 aliphatic heterocycles. The molecule has 0 atom stereocenters. The summed E-state index contributed by atoms with van der Waals surface area (Å²) in [5, 5.41) is 3.87. The van der Waals surface area contributed by atoms with Crippen molar-refractivity contribution in [3.05, 3.63) is 47.9 Å². The number of carbonyl (C=O) groups excluding carboxylic acids is 1. The largest absolute Gasteiger partial charge is 0.371 e. The molecule has 3 heterocycles. The van der Waals surface area contributed by atoms with Crippen molar-refractivity contribution in [1.82, 2.24) is 15.3 Å². The highest BCUT2D eigenvalue weighted by Crippen LogP contribution is 2.23. The number of piperidine rings is 1. The van der Waals surface area contributed by atoms with E-state index in [0.29, 0.717) is 11.5 Å². The fourth-order valence-corrected chi connectivity index (χ4v) is 3.73. The van der Waals surface area contributed by atoms with E-state index in [4.69, 9.17) is 0 Å².